The summed E-state index contributed by atoms with van der Waals surface area (Å²) in [6.45, 7) is 2.57. The number of hydrogen-bond donors (Lipinski definition) is 1. The summed E-state index contributed by atoms with van der Waals surface area (Å²) in [7, 11) is 1.85. The van der Waals surface area contributed by atoms with E-state index in [4.69, 9.17) is 0 Å². The van der Waals surface area contributed by atoms with Crippen LogP contribution in [0.3, 0.4) is 0 Å². The number of aryl methyl sites for hydroxylation is 2. The molecule has 0 spiro atoms. The van der Waals surface area contributed by atoms with Crippen molar-refractivity contribution in [3.63, 3.8) is 0 Å². The molecule has 0 unspecified atom stereocenters. The van der Waals surface area contributed by atoms with Crippen molar-refractivity contribution >= 4 is 33.2 Å². The van der Waals surface area contributed by atoms with Crippen LogP contribution in [0.4, 0.5) is 0 Å². The Morgan fingerprint density at radius 2 is 2.39 bits per heavy atom. The maximum atomic E-state index is 12.0. The van der Waals surface area contributed by atoms with Crippen molar-refractivity contribution in [2.75, 3.05) is 0 Å². The lowest BCUT2D eigenvalue weighted by Crippen LogP contribution is -2.24. The number of aromatic nitrogens is 2. The molecule has 0 saturated heterocycles. The summed E-state index contributed by atoms with van der Waals surface area (Å²) in [6.07, 6.45) is 4.70. The average Bonchev–Trinajstić information content (AvgIpc) is 2.92. The van der Waals surface area contributed by atoms with Crippen LogP contribution in [0.5, 0.6) is 0 Å². The van der Waals surface area contributed by atoms with Gasteiger partial charge in [-0.15, -0.1) is 11.3 Å². The van der Waals surface area contributed by atoms with E-state index in [1.165, 1.54) is 4.88 Å². The Morgan fingerprint density at radius 1 is 1.61 bits per heavy atom. The first-order valence-electron chi connectivity index (χ1n) is 5.63. The second kappa shape index (κ2) is 5.67. The third-order valence-corrected chi connectivity index (χ3v) is 4.13. The summed E-state index contributed by atoms with van der Waals surface area (Å²) in [5.74, 6) is -0.0866. The van der Waals surface area contributed by atoms with Crippen molar-refractivity contribution in [2.45, 2.75) is 19.9 Å². The standard InChI is InChI=1S/C12H14BrN3OS/c1-3-9-5-14-11(18-9)6-15-12(17)10-4-8(13)7-16(10)2/h4-5,7H,3,6H2,1-2H3,(H,15,17). The SMILES string of the molecule is CCc1cnc(CNC(=O)c2cc(Br)cn2C)s1. The van der Waals surface area contributed by atoms with E-state index in [1.54, 1.807) is 22.0 Å². The first-order chi connectivity index (χ1) is 8.60. The summed E-state index contributed by atoms with van der Waals surface area (Å²) in [4.78, 5) is 17.5. The van der Waals surface area contributed by atoms with Crippen LogP contribution in [0.25, 0.3) is 0 Å². The van der Waals surface area contributed by atoms with E-state index in [0.717, 1.165) is 15.9 Å². The van der Waals surface area contributed by atoms with Crippen molar-refractivity contribution in [1.29, 1.82) is 0 Å². The molecule has 4 nitrogen and oxygen atoms in total. The second-order valence-corrected chi connectivity index (χ2v) is 6.03. The molecule has 0 aliphatic heterocycles. The van der Waals surface area contributed by atoms with Crippen LogP contribution in [-0.4, -0.2) is 15.5 Å². The van der Waals surface area contributed by atoms with Gasteiger partial charge in [0.15, 0.2) is 0 Å². The van der Waals surface area contributed by atoms with Crippen molar-refractivity contribution in [3.05, 3.63) is 38.5 Å². The summed E-state index contributed by atoms with van der Waals surface area (Å²) < 4.78 is 2.69. The van der Waals surface area contributed by atoms with Gasteiger partial charge in [-0.1, -0.05) is 6.92 Å². The molecule has 1 amide bonds. The van der Waals surface area contributed by atoms with Crippen LogP contribution < -0.4 is 5.32 Å². The minimum atomic E-state index is -0.0866. The van der Waals surface area contributed by atoms with E-state index in [2.05, 4.69) is 33.2 Å². The Balaban J connectivity index is 1.98. The highest BCUT2D eigenvalue weighted by atomic mass is 79.9. The normalized spacial score (nSPS) is 10.6. The van der Waals surface area contributed by atoms with E-state index in [0.29, 0.717) is 12.2 Å². The third-order valence-electron chi connectivity index (χ3n) is 2.55. The molecule has 0 bridgehead atoms. The molecule has 1 N–H and O–H groups in total. The van der Waals surface area contributed by atoms with Gasteiger partial charge in [0.2, 0.25) is 0 Å². The van der Waals surface area contributed by atoms with E-state index in [1.807, 2.05) is 19.4 Å². The molecule has 2 rings (SSSR count). The molecule has 0 aromatic carbocycles. The Kier molecular flexibility index (Phi) is 4.19. The predicted molar refractivity (Wildman–Crippen MR) is 75.8 cm³/mol. The van der Waals surface area contributed by atoms with E-state index < -0.39 is 0 Å². The molecule has 96 valence electrons. The number of nitrogens with one attached hydrogen (secondary N) is 1. The fraction of sp³-hybridized carbons (Fsp3) is 0.333. The molecule has 18 heavy (non-hydrogen) atoms. The minimum absolute atomic E-state index is 0.0866. The van der Waals surface area contributed by atoms with Gasteiger partial charge in [-0.3, -0.25) is 4.79 Å². The molecule has 2 aromatic rings. The number of carbonyl (C=O) groups is 1. The maximum absolute atomic E-state index is 12.0. The van der Waals surface area contributed by atoms with Gasteiger partial charge in [0.1, 0.15) is 10.7 Å². The maximum Gasteiger partial charge on any atom is 0.268 e. The zero-order chi connectivity index (χ0) is 13.1. The molecule has 0 fully saturated rings. The zero-order valence-electron chi connectivity index (χ0n) is 10.2. The number of rotatable bonds is 4. The van der Waals surface area contributed by atoms with Crippen molar-refractivity contribution in [3.8, 4) is 0 Å². The molecule has 2 aromatic heterocycles. The van der Waals surface area contributed by atoms with E-state index in [9.17, 15) is 4.79 Å². The zero-order valence-corrected chi connectivity index (χ0v) is 12.6. The summed E-state index contributed by atoms with van der Waals surface area (Å²) in [6, 6.07) is 1.80. The highest BCUT2D eigenvalue weighted by Crippen LogP contribution is 2.15. The van der Waals surface area contributed by atoms with Gasteiger partial charge in [0.25, 0.3) is 5.91 Å². The number of nitrogens with zero attached hydrogens (tertiary/aromatic N) is 2. The fourth-order valence-corrected chi connectivity index (χ4v) is 2.92. The van der Waals surface area contributed by atoms with Gasteiger partial charge in [-0.2, -0.15) is 0 Å². The van der Waals surface area contributed by atoms with Crippen molar-refractivity contribution in [2.24, 2.45) is 7.05 Å². The van der Waals surface area contributed by atoms with Gasteiger partial charge < -0.3 is 9.88 Å². The smallest absolute Gasteiger partial charge is 0.268 e. The highest BCUT2D eigenvalue weighted by molar-refractivity contribution is 9.10. The molecular formula is C12H14BrN3OS. The Labute approximate surface area is 118 Å². The van der Waals surface area contributed by atoms with Crippen LogP contribution in [0.15, 0.2) is 22.9 Å². The number of hydrogen-bond acceptors (Lipinski definition) is 3. The monoisotopic (exact) mass is 327 g/mol. The number of amides is 1. The van der Waals surface area contributed by atoms with Crippen LogP contribution in [0.1, 0.15) is 27.3 Å². The molecule has 0 aliphatic carbocycles. The topological polar surface area (TPSA) is 46.9 Å². The minimum Gasteiger partial charge on any atom is -0.345 e. The summed E-state index contributed by atoms with van der Waals surface area (Å²) >= 11 is 4.99. The van der Waals surface area contributed by atoms with E-state index in [-0.39, 0.29) is 5.91 Å². The van der Waals surface area contributed by atoms with Gasteiger partial charge >= 0.3 is 0 Å². The van der Waals surface area contributed by atoms with Crippen molar-refractivity contribution < 1.29 is 4.79 Å². The Hall–Kier alpha value is -1.14. The lowest BCUT2D eigenvalue weighted by molar-refractivity contribution is 0.0943. The highest BCUT2D eigenvalue weighted by Gasteiger charge is 2.11. The quantitative estimate of drug-likeness (QED) is 0.938. The number of thiazole rings is 1. The third kappa shape index (κ3) is 3.00. The Morgan fingerprint density at radius 3 is 2.94 bits per heavy atom. The molecular weight excluding hydrogens is 314 g/mol. The number of halogens is 1. The largest absolute Gasteiger partial charge is 0.345 e. The first kappa shape index (κ1) is 13.3. The molecule has 0 aliphatic rings. The molecule has 6 heteroatoms. The van der Waals surface area contributed by atoms with Gasteiger partial charge in [0.05, 0.1) is 6.54 Å². The summed E-state index contributed by atoms with van der Waals surface area (Å²) in [5, 5.41) is 3.81. The second-order valence-electron chi connectivity index (χ2n) is 3.91. The molecule has 2 heterocycles. The lowest BCUT2D eigenvalue weighted by atomic mass is 10.4. The molecule has 0 atom stereocenters. The summed E-state index contributed by atoms with van der Waals surface area (Å²) in [5.41, 5.74) is 0.633. The lowest BCUT2D eigenvalue weighted by Gasteiger charge is -2.03. The van der Waals surface area contributed by atoms with Crippen LogP contribution in [0, 0.1) is 0 Å². The average molecular weight is 328 g/mol. The fourth-order valence-electron chi connectivity index (χ4n) is 1.59. The van der Waals surface area contributed by atoms with Gasteiger partial charge in [0, 0.05) is 28.8 Å². The first-order valence-corrected chi connectivity index (χ1v) is 7.24. The molecule has 0 saturated carbocycles. The van der Waals surface area contributed by atoms with Crippen LogP contribution in [0.2, 0.25) is 0 Å². The molecule has 0 radical (unpaired) electrons. The van der Waals surface area contributed by atoms with Gasteiger partial charge in [-0.25, -0.2) is 4.98 Å². The number of carbonyl (C=O) groups excluding carboxylic acids is 1. The van der Waals surface area contributed by atoms with E-state index >= 15 is 0 Å². The van der Waals surface area contributed by atoms with Gasteiger partial charge in [-0.05, 0) is 28.4 Å². The van der Waals surface area contributed by atoms with Crippen molar-refractivity contribution in [1.82, 2.24) is 14.9 Å². The van der Waals surface area contributed by atoms with Crippen LogP contribution in [-0.2, 0) is 20.0 Å². The predicted octanol–water partition coefficient (Wildman–Crippen LogP) is 2.74. The Bertz CT molecular complexity index is 561. The van der Waals surface area contributed by atoms with Crippen LogP contribution >= 0.6 is 27.3 Å².